The summed E-state index contributed by atoms with van der Waals surface area (Å²) < 4.78 is 5.38. The normalized spacial score (nSPS) is 19.8. The number of hydrogen-bond acceptors (Lipinski definition) is 6. The third-order valence-electron chi connectivity index (χ3n) is 5.99. The van der Waals surface area contributed by atoms with Crippen LogP contribution in [0.5, 0.6) is 0 Å². The summed E-state index contributed by atoms with van der Waals surface area (Å²) in [5.41, 5.74) is 5.81. The van der Waals surface area contributed by atoms with Crippen LogP contribution in [0.4, 0.5) is 5.69 Å². The SMILES string of the molecule is Cc1onc(/C=N\O)c1-c1cc2c(c3c1CCC3)NC(C)(C)C(=O)C2(C)C. The van der Waals surface area contributed by atoms with Crippen LogP contribution in [-0.4, -0.2) is 27.9 Å². The van der Waals surface area contributed by atoms with Crippen LogP contribution < -0.4 is 5.32 Å². The van der Waals surface area contributed by atoms with Crippen molar-refractivity contribution in [3.05, 3.63) is 34.2 Å². The van der Waals surface area contributed by atoms with E-state index in [1.54, 1.807) is 0 Å². The van der Waals surface area contributed by atoms with Crippen molar-refractivity contribution in [3.63, 3.8) is 0 Å². The highest BCUT2D eigenvalue weighted by molar-refractivity contribution is 6.04. The van der Waals surface area contributed by atoms with Crippen LogP contribution in [0.2, 0.25) is 0 Å². The summed E-state index contributed by atoms with van der Waals surface area (Å²) in [4.78, 5) is 13.1. The number of oxime groups is 1. The Morgan fingerprint density at radius 1 is 1.26 bits per heavy atom. The number of aryl methyl sites for hydroxylation is 1. The number of benzene rings is 1. The zero-order chi connectivity index (χ0) is 19.6. The number of carbonyl (C=O) groups excluding carboxylic acids is 1. The first kappa shape index (κ1) is 17.8. The molecule has 0 unspecified atom stereocenters. The third kappa shape index (κ3) is 2.42. The number of carbonyl (C=O) groups is 1. The molecule has 0 spiro atoms. The first-order chi connectivity index (χ1) is 12.7. The maximum absolute atomic E-state index is 13.1. The predicted molar refractivity (Wildman–Crippen MR) is 104 cm³/mol. The molecule has 0 amide bonds. The van der Waals surface area contributed by atoms with Gasteiger partial charge in [0.25, 0.3) is 0 Å². The number of Topliss-reactive ketones (excluding diaryl/α,β-unsaturated/α-hetero) is 1. The van der Waals surface area contributed by atoms with E-state index in [0.717, 1.165) is 41.6 Å². The molecule has 6 nitrogen and oxygen atoms in total. The smallest absolute Gasteiger partial charge is 0.167 e. The van der Waals surface area contributed by atoms with Crippen molar-refractivity contribution in [1.29, 1.82) is 0 Å². The average Bonchev–Trinajstić information content (AvgIpc) is 3.21. The lowest BCUT2D eigenvalue weighted by Gasteiger charge is -2.43. The van der Waals surface area contributed by atoms with E-state index < -0.39 is 11.0 Å². The first-order valence-electron chi connectivity index (χ1n) is 9.35. The maximum Gasteiger partial charge on any atom is 0.167 e. The first-order valence-corrected chi connectivity index (χ1v) is 9.35. The van der Waals surface area contributed by atoms with Gasteiger partial charge in [0.2, 0.25) is 0 Å². The van der Waals surface area contributed by atoms with E-state index in [1.807, 2.05) is 34.6 Å². The molecular weight excluding hydrogens is 342 g/mol. The highest BCUT2D eigenvalue weighted by Crippen LogP contribution is 2.48. The molecule has 0 atom stereocenters. The van der Waals surface area contributed by atoms with Gasteiger partial charge in [0, 0.05) is 5.69 Å². The molecule has 0 radical (unpaired) electrons. The molecule has 0 saturated heterocycles. The lowest BCUT2D eigenvalue weighted by molar-refractivity contribution is -0.127. The van der Waals surface area contributed by atoms with E-state index in [9.17, 15) is 4.79 Å². The second-order valence-electron chi connectivity index (χ2n) is 8.61. The number of nitrogens with zero attached hydrogens (tertiary/aromatic N) is 2. The Morgan fingerprint density at radius 2 is 1.96 bits per heavy atom. The standard InChI is InChI=1S/C21H25N3O3/c1-11-17(16(10-22-26)24-27-11)14-9-15-18(13-8-6-7-12(13)14)23-21(4,5)19(25)20(15,2)3/h9-10,23,26H,6-8H2,1-5H3/b22-10-. The molecule has 1 aromatic carbocycles. The maximum atomic E-state index is 13.1. The molecule has 142 valence electrons. The minimum atomic E-state index is -0.604. The van der Waals surface area contributed by atoms with Crippen molar-refractivity contribution < 1.29 is 14.5 Å². The number of anilines is 1. The van der Waals surface area contributed by atoms with Crippen LogP contribution in [0.3, 0.4) is 0 Å². The summed E-state index contributed by atoms with van der Waals surface area (Å²) in [6.45, 7) is 9.76. The van der Waals surface area contributed by atoms with Gasteiger partial charge in [0.1, 0.15) is 11.5 Å². The Balaban J connectivity index is 2.04. The second-order valence-corrected chi connectivity index (χ2v) is 8.61. The highest BCUT2D eigenvalue weighted by Gasteiger charge is 2.47. The Labute approximate surface area is 158 Å². The molecule has 2 aromatic rings. The Bertz CT molecular complexity index is 983. The Morgan fingerprint density at radius 3 is 2.67 bits per heavy atom. The monoisotopic (exact) mass is 367 g/mol. The lowest BCUT2D eigenvalue weighted by atomic mass is 9.68. The summed E-state index contributed by atoms with van der Waals surface area (Å²) in [6.07, 6.45) is 4.31. The number of hydrogen-bond donors (Lipinski definition) is 2. The number of rotatable bonds is 2. The Kier molecular flexibility index (Phi) is 3.74. The summed E-state index contributed by atoms with van der Waals surface area (Å²) in [5, 5.41) is 19.7. The fourth-order valence-electron chi connectivity index (χ4n) is 4.77. The van der Waals surface area contributed by atoms with Gasteiger partial charge in [0.05, 0.1) is 22.7 Å². The molecule has 1 aliphatic heterocycles. The number of ketones is 1. The van der Waals surface area contributed by atoms with E-state index >= 15 is 0 Å². The van der Waals surface area contributed by atoms with Crippen LogP contribution in [0.15, 0.2) is 15.7 Å². The van der Waals surface area contributed by atoms with Crippen molar-refractivity contribution >= 4 is 17.7 Å². The van der Waals surface area contributed by atoms with Crippen molar-refractivity contribution in [1.82, 2.24) is 5.16 Å². The molecule has 1 aromatic heterocycles. The number of aromatic nitrogens is 1. The van der Waals surface area contributed by atoms with E-state index in [-0.39, 0.29) is 5.78 Å². The predicted octanol–water partition coefficient (Wildman–Crippen LogP) is 4.00. The lowest BCUT2D eigenvalue weighted by Crippen LogP contribution is -2.53. The molecule has 2 N–H and O–H groups in total. The number of nitrogens with one attached hydrogen (secondary N) is 1. The third-order valence-corrected chi connectivity index (χ3v) is 5.99. The minimum absolute atomic E-state index is 0.172. The van der Waals surface area contributed by atoms with Gasteiger partial charge < -0.3 is 15.0 Å². The van der Waals surface area contributed by atoms with Crippen molar-refractivity contribution in [2.24, 2.45) is 5.16 Å². The van der Waals surface area contributed by atoms with Gasteiger partial charge in [-0.2, -0.15) is 0 Å². The Hall–Kier alpha value is -2.63. The second kappa shape index (κ2) is 5.68. The average molecular weight is 367 g/mol. The van der Waals surface area contributed by atoms with Crippen LogP contribution in [-0.2, 0) is 23.1 Å². The van der Waals surface area contributed by atoms with Crippen LogP contribution in [0.1, 0.15) is 62.3 Å². The van der Waals surface area contributed by atoms with Gasteiger partial charge in [-0.05, 0) is 82.2 Å². The fraction of sp³-hybridized carbons (Fsp3) is 0.476. The van der Waals surface area contributed by atoms with Gasteiger partial charge in [-0.15, -0.1) is 0 Å². The largest absolute Gasteiger partial charge is 0.411 e. The highest BCUT2D eigenvalue weighted by atomic mass is 16.5. The van der Waals surface area contributed by atoms with E-state index in [1.165, 1.54) is 17.3 Å². The van der Waals surface area contributed by atoms with Crippen LogP contribution in [0, 0.1) is 6.92 Å². The summed E-state index contributed by atoms with van der Waals surface area (Å²) in [7, 11) is 0. The molecule has 0 fully saturated rings. The number of fused-ring (bicyclic) bond motifs is 3. The summed E-state index contributed by atoms with van der Waals surface area (Å²) >= 11 is 0. The minimum Gasteiger partial charge on any atom is -0.411 e. The van der Waals surface area contributed by atoms with Crippen molar-refractivity contribution in [3.8, 4) is 11.1 Å². The van der Waals surface area contributed by atoms with Gasteiger partial charge in [-0.1, -0.05) is 10.3 Å². The van der Waals surface area contributed by atoms with Crippen LogP contribution in [0.25, 0.3) is 11.1 Å². The van der Waals surface area contributed by atoms with E-state index in [0.29, 0.717) is 11.5 Å². The fourth-order valence-corrected chi connectivity index (χ4v) is 4.77. The van der Waals surface area contributed by atoms with Gasteiger partial charge >= 0.3 is 0 Å². The molecule has 27 heavy (non-hydrogen) atoms. The molecule has 4 rings (SSSR count). The molecule has 1 aliphatic carbocycles. The van der Waals surface area contributed by atoms with Crippen LogP contribution >= 0.6 is 0 Å². The molecule has 0 saturated carbocycles. The van der Waals surface area contributed by atoms with Crippen molar-refractivity contribution in [2.45, 2.75) is 64.8 Å². The molecule has 2 aliphatic rings. The zero-order valence-corrected chi connectivity index (χ0v) is 16.4. The summed E-state index contributed by atoms with van der Waals surface area (Å²) in [5.74, 6) is 0.845. The summed E-state index contributed by atoms with van der Waals surface area (Å²) in [6, 6.07) is 2.11. The molecule has 0 bridgehead atoms. The zero-order valence-electron chi connectivity index (χ0n) is 16.4. The van der Waals surface area contributed by atoms with Gasteiger partial charge in [-0.3, -0.25) is 4.79 Å². The topological polar surface area (TPSA) is 87.7 Å². The van der Waals surface area contributed by atoms with E-state index in [2.05, 4.69) is 21.7 Å². The quantitative estimate of drug-likeness (QED) is 0.476. The van der Waals surface area contributed by atoms with E-state index in [4.69, 9.17) is 9.73 Å². The van der Waals surface area contributed by atoms with Gasteiger partial charge in [-0.25, -0.2) is 0 Å². The molecule has 2 heterocycles. The molecule has 6 heteroatoms. The molecular formula is C21H25N3O3. The van der Waals surface area contributed by atoms with Crippen molar-refractivity contribution in [2.75, 3.05) is 5.32 Å². The van der Waals surface area contributed by atoms with Gasteiger partial charge in [0.15, 0.2) is 5.78 Å².